The second kappa shape index (κ2) is 6.87. The molecule has 0 N–H and O–H groups in total. The van der Waals surface area contributed by atoms with Gasteiger partial charge < -0.3 is 9.80 Å². The number of aryl methyl sites for hydroxylation is 1. The summed E-state index contributed by atoms with van der Waals surface area (Å²) in [5.41, 5.74) is 2.98. The smallest absolute Gasteiger partial charge is 0.246 e. The molecule has 24 heavy (non-hydrogen) atoms. The van der Waals surface area contributed by atoms with Crippen LogP contribution in [0.3, 0.4) is 0 Å². The number of hydrogen-bond donors (Lipinski definition) is 0. The van der Waals surface area contributed by atoms with Crippen LogP contribution in [-0.2, 0) is 16.0 Å². The fraction of sp³-hybridized carbons (Fsp3) is 0.300. The summed E-state index contributed by atoms with van der Waals surface area (Å²) in [7, 11) is 0. The number of nitrogens with zero attached hydrogens (tertiary/aromatic N) is 2. The molecule has 2 aromatic rings. The van der Waals surface area contributed by atoms with Crippen molar-refractivity contribution < 1.29 is 9.59 Å². The Bertz CT molecular complexity index is 742. The topological polar surface area (TPSA) is 40.6 Å². The van der Waals surface area contributed by atoms with Crippen LogP contribution in [0.25, 0.3) is 0 Å². The van der Waals surface area contributed by atoms with E-state index in [1.807, 2.05) is 68.4 Å². The molecule has 0 radical (unpaired) electrons. The Morgan fingerprint density at radius 1 is 1.08 bits per heavy atom. The molecule has 1 heterocycles. The molecule has 4 heteroatoms. The zero-order valence-corrected chi connectivity index (χ0v) is 14.1. The fourth-order valence-corrected chi connectivity index (χ4v) is 3.16. The maximum Gasteiger partial charge on any atom is 0.246 e. The van der Waals surface area contributed by atoms with Gasteiger partial charge >= 0.3 is 0 Å². The van der Waals surface area contributed by atoms with Crippen LogP contribution in [0.5, 0.6) is 0 Å². The number of carbonyl (C=O) groups excluding carboxylic acids is 2. The molecule has 1 aliphatic rings. The summed E-state index contributed by atoms with van der Waals surface area (Å²) >= 11 is 0. The van der Waals surface area contributed by atoms with Crippen LogP contribution in [0.2, 0.25) is 0 Å². The molecule has 1 saturated heterocycles. The lowest BCUT2D eigenvalue weighted by atomic mass is 10.1. The van der Waals surface area contributed by atoms with E-state index < -0.39 is 0 Å². The van der Waals surface area contributed by atoms with E-state index in [1.165, 1.54) is 0 Å². The third-order valence-corrected chi connectivity index (χ3v) is 4.51. The van der Waals surface area contributed by atoms with Crippen LogP contribution in [0.4, 0.5) is 5.69 Å². The number of benzene rings is 2. The van der Waals surface area contributed by atoms with E-state index in [4.69, 9.17) is 0 Å². The van der Waals surface area contributed by atoms with Gasteiger partial charge in [0.25, 0.3) is 0 Å². The van der Waals surface area contributed by atoms with E-state index in [2.05, 4.69) is 0 Å². The predicted octanol–water partition coefficient (Wildman–Crippen LogP) is 2.80. The zero-order valence-electron chi connectivity index (χ0n) is 14.1. The number of rotatable bonds is 3. The molecule has 1 fully saturated rings. The quantitative estimate of drug-likeness (QED) is 0.872. The Morgan fingerprint density at radius 3 is 2.46 bits per heavy atom. The van der Waals surface area contributed by atoms with Crippen molar-refractivity contribution in [3.05, 3.63) is 65.7 Å². The van der Waals surface area contributed by atoms with Gasteiger partial charge in [-0.25, -0.2) is 0 Å². The van der Waals surface area contributed by atoms with Crippen LogP contribution >= 0.6 is 0 Å². The van der Waals surface area contributed by atoms with E-state index in [0.29, 0.717) is 13.0 Å². The standard InChI is InChI=1S/C20H22N2O2/c1-15-8-6-7-11-18(15)22-13-16(2)21(14-20(22)24)19(23)12-17-9-4-3-5-10-17/h3-11,16H,12-14H2,1-2H3. The van der Waals surface area contributed by atoms with Crippen LogP contribution in [0.15, 0.2) is 54.6 Å². The van der Waals surface area contributed by atoms with Crippen molar-refractivity contribution in [2.45, 2.75) is 26.3 Å². The van der Waals surface area contributed by atoms with Gasteiger partial charge in [0.2, 0.25) is 11.8 Å². The van der Waals surface area contributed by atoms with Gasteiger partial charge in [-0.2, -0.15) is 0 Å². The van der Waals surface area contributed by atoms with Crippen molar-refractivity contribution in [2.75, 3.05) is 18.0 Å². The molecular weight excluding hydrogens is 300 g/mol. The van der Waals surface area contributed by atoms with Crippen LogP contribution in [0, 0.1) is 6.92 Å². The molecule has 0 saturated carbocycles. The number of carbonyl (C=O) groups is 2. The van der Waals surface area contributed by atoms with Gasteiger partial charge in [0.15, 0.2) is 0 Å². The summed E-state index contributed by atoms with van der Waals surface area (Å²) in [5.74, 6) is -0.0182. The van der Waals surface area contributed by atoms with Crippen molar-refractivity contribution in [1.82, 2.24) is 4.90 Å². The van der Waals surface area contributed by atoms with Gasteiger partial charge in [-0.15, -0.1) is 0 Å². The first-order chi connectivity index (χ1) is 11.6. The maximum atomic E-state index is 12.6. The molecule has 1 unspecified atom stereocenters. The molecule has 0 aromatic heterocycles. The zero-order chi connectivity index (χ0) is 17.1. The van der Waals surface area contributed by atoms with Crippen LogP contribution < -0.4 is 4.90 Å². The fourth-order valence-electron chi connectivity index (χ4n) is 3.16. The van der Waals surface area contributed by atoms with E-state index in [0.717, 1.165) is 16.8 Å². The highest BCUT2D eigenvalue weighted by Gasteiger charge is 2.33. The Hall–Kier alpha value is -2.62. The van der Waals surface area contributed by atoms with Crippen LogP contribution in [-0.4, -0.2) is 35.8 Å². The second-order valence-corrected chi connectivity index (χ2v) is 6.32. The Labute approximate surface area is 142 Å². The van der Waals surface area contributed by atoms with Gasteiger partial charge in [-0.3, -0.25) is 9.59 Å². The number of hydrogen-bond acceptors (Lipinski definition) is 2. The largest absolute Gasteiger partial charge is 0.329 e. The van der Waals surface area contributed by atoms with Gasteiger partial charge in [0, 0.05) is 18.3 Å². The molecule has 0 aliphatic carbocycles. The average molecular weight is 322 g/mol. The molecule has 3 rings (SSSR count). The van der Waals surface area contributed by atoms with Crippen LogP contribution in [0.1, 0.15) is 18.1 Å². The summed E-state index contributed by atoms with van der Waals surface area (Å²) < 4.78 is 0. The number of piperazine rings is 1. The van der Waals surface area contributed by atoms with Crippen molar-refractivity contribution in [3.63, 3.8) is 0 Å². The molecule has 2 amide bonds. The van der Waals surface area contributed by atoms with Crippen molar-refractivity contribution in [2.24, 2.45) is 0 Å². The van der Waals surface area contributed by atoms with Gasteiger partial charge in [-0.05, 0) is 31.0 Å². The summed E-state index contributed by atoms with van der Waals surface area (Å²) in [5, 5.41) is 0. The third kappa shape index (κ3) is 3.32. The number of anilines is 1. The first-order valence-electron chi connectivity index (χ1n) is 8.25. The molecule has 2 aromatic carbocycles. The molecule has 1 aliphatic heterocycles. The van der Waals surface area contributed by atoms with E-state index in [-0.39, 0.29) is 24.4 Å². The van der Waals surface area contributed by atoms with E-state index in [9.17, 15) is 9.59 Å². The summed E-state index contributed by atoms with van der Waals surface area (Å²) in [6, 6.07) is 17.5. The molecular formula is C20H22N2O2. The second-order valence-electron chi connectivity index (χ2n) is 6.32. The number of amides is 2. The molecule has 4 nitrogen and oxygen atoms in total. The van der Waals surface area contributed by atoms with E-state index in [1.54, 1.807) is 9.80 Å². The summed E-state index contributed by atoms with van der Waals surface area (Å²) in [6.07, 6.45) is 0.336. The molecule has 0 bridgehead atoms. The molecule has 1 atom stereocenters. The van der Waals surface area contributed by atoms with Crippen molar-refractivity contribution in [3.8, 4) is 0 Å². The predicted molar refractivity (Wildman–Crippen MR) is 94.9 cm³/mol. The van der Waals surface area contributed by atoms with Gasteiger partial charge in [-0.1, -0.05) is 48.5 Å². The Morgan fingerprint density at radius 2 is 1.75 bits per heavy atom. The van der Waals surface area contributed by atoms with Crippen molar-refractivity contribution in [1.29, 1.82) is 0 Å². The summed E-state index contributed by atoms with van der Waals surface area (Å²) in [4.78, 5) is 28.7. The Kier molecular flexibility index (Phi) is 4.65. The normalized spacial score (nSPS) is 17.9. The number of para-hydroxylation sites is 1. The molecule has 0 spiro atoms. The van der Waals surface area contributed by atoms with Crippen molar-refractivity contribution >= 4 is 17.5 Å². The highest BCUT2D eigenvalue weighted by molar-refractivity contribution is 5.98. The minimum absolute atomic E-state index is 0.00137. The molecule has 124 valence electrons. The highest BCUT2D eigenvalue weighted by atomic mass is 16.2. The monoisotopic (exact) mass is 322 g/mol. The van der Waals surface area contributed by atoms with Gasteiger partial charge in [0.1, 0.15) is 6.54 Å². The minimum Gasteiger partial charge on any atom is -0.329 e. The SMILES string of the molecule is Cc1ccccc1N1CC(C)N(C(=O)Cc2ccccc2)CC1=O. The lowest BCUT2D eigenvalue weighted by Gasteiger charge is -2.40. The third-order valence-electron chi connectivity index (χ3n) is 4.51. The Balaban J connectivity index is 1.73. The highest BCUT2D eigenvalue weighted by Crippen LogP contribution is 2.24. The van der Waals surface area contributed by atoms with E-state index >= 15 is 0 Å². The average Bonchev–Trinajstić information content (AvgIpc) is 2.58. The summed E-state index contributed by atoms with van der Waals surface area (Å²) in [6.45, 7) is 4.67. The first kappa shape index (κ1) is 16.2. The lowest BCUT2D eigenvalue weighted by Crippen LogP contribution is -2.57. The lowest BCUT2D eigenvalue weighted by molar-refractivity contribution is -0.138. The first-order valence-corrected chi connectivity index (χ1v) is 8.25. The maximum absolute atomic E-state index is 12.6. The minimum atomic E-state index is -0.0242. The van der Waals surface area contributed by atoms with Gasteiger partial charge in [0.05, 0.1) is 6.42 Å².